The molecule has 1 aromatic heterocycles. The molecule has 0 saturated carbocycles. The third-order valence-electron chi connectivity index (χ3n) is 3.58. The minimum absolute atomic E-state index is 0.188. The molecule has 0 atom stereocenters. The molecule has 1 aromatic carbocycles. The highest BCUT2D eigenvalue weighted by Gasteiger charge is 2.06. The van der Waals surface area contributed by atoms with Crippen molar-refractivity contribution in [3.63, 3.8) is 0 Å². The zero-order valence-electron chi connectivity index (χ0n) is 16.2. The van der Waals surface area contributed by atoms with Crippen LogP contribution in [-0.2, 0) is 0 Å². The van der Waals surface area contributed by atoms with Gasteiger partial charge in [-0.25, -0.2) is 14.5 Å². The Morgan fingerprint density at radius 2 is 2.18 bits per heavy atom. The molecule has 2 rings (SSSR count). The van der Waals surface area contributed by atoms with Crippen molar-refractivity contribution >= 4 is 18.0 Å². The molecular weight excluding hydrogens is 356 g/mol. The maximum Gasteiger partial charge on any atom is 0.335 e. The van der Waals surface area contributed by atoms with E-state index >= 15 is 0 Å². The van der Waals surface area contributed by atoms with Gasteiger partial charge in [0.05, 0.1) is 30.2 Å². The van der Waals surface area contributed by atoms with Crippen molar-refractivity contribution in [3.05, 3.63) is 65.5 Å². The number of hydrogen-bond acceptors (Lipinski definition) is 5. The van der Waals surface area contributed by atoms with Crippen molar-refractivity contribution < 1.29 is 9.90 Å². The third-order valence-corrected chi connectivity index (χ3v) is 3.58. The van der Waals surface area contributed by atoms with Gasteiger partial charge in [0, 0.05) is 13.6 Å². The number of rotatable bonds is 8. The van der Waals surface area contributed by atoms with E-state index in [1.807, 2.05) is 32.1 Å². The molecule has 8 heteroatoms. The molecule has 0 amide bonds. The first kappa shape index (κ1) is 20.9. The summed E-state index contributed by atoms with van der Waals surface area (Å²) in [5.41, 5.74) is 2.60. The normalized spacial score (nSPS) is 12.0. The number of carboxylic acids is 1. The van der Waals surface area contributed by atoms with Gasteiger partial charge in [-0.1, -0.05) is 35.1 Å². The second-order valence-corrected chi connectivity index (χ2v) is 6.14. The van der Waals surface area contributed by atoms with Crippen LogP contribution in [-0.4, -0.2) is 58.3 Å². The minimum atomic E-state index is -0.990. The summed E-state index contributed by atoms with van der Waals surface area (Å²) in [4.78, 5) is 19.6. The fourth-order valence-corrected chi connectivity index (χ4v) is 2.16. The molecule has 1 heterocycles. The molecular formula is C20H24N6O2. The number of carboxylic acid groups (broad SMARTS) is 1. The lowest BCUT2D eigenvalue weighted by molar-refractivity contribution is 0.0697. The zero-order valence-corrected chi connectivity index (χ0v) is 16.2. The van der Waals surface area contributed by atoms with Crippen LogP contribution in [0.4, 0.5) is 0 Å². The number of aromatic carboxylic acids is 1. The quantitative estimate of drug-likeness (QED) is 0.317. The number of nitrogens with one attached hydrogen (secondary N) is 1. The van der Waals surface area contributed by atoms with Crippen LogP contribution >= 0.6 is 0 Å². The second kappa shape index (κ2) is 10.7. The van der Waals surface area contributed by atoms with E-state index in [9.17, 15) is 4.79 Å². The Morgan fingerprint density at radius 3 is 2.89 bits per heavy atom. The lowest BCUT2D eigenvalue weighted by Crippen LogP contribution is -2.22. The van der Waals surface area contributed by atoms with Crippen molar-refractivity contribution in [2.45, 2.75) is 13.8 Å². The highest BCUT2D eigenvalue weighted by molar-refractivity contribution is 5.94. The Morgan fingerprint density at radius 1 is 1.36 bits per heavy atom. The molecule has 0 unspecified atom stereocenters. The van der Waals surface area contributed by atoms with E-state index in [1.54, 1.807) is 31.6 Å². The molecule has 0 bridgehead atoms. The Kier molecular flexibility index (Phi) is 7.98. The van der Waals surface area contributed by atoms with Crippen molar-refractivity contribution in [2.75, 3.05) is 20.1 Å². The predicted octanol–water partition coefficient (Wildman–Crippen LogP) is 2.52. The summed E-state index contributed by atoms with van der Waals surface area (Å²) in [6.07, 6.45) is 9.33. The lowest BCUT2D eigenvalue weighted by Gasteiger charge is -2.01. The average molecular weight is 380 g/mol. The Hall–Kier alpha value is -3.39. The smallest absolute Gasteiger partial charge is 0.335 e. The van der Waals surface area contributed by atoms with E-state index in [0.717, 1.165) is 0 Å². The van der Waals surface area contributed by atoms with Gasteiger partial charge in [-0.15, -0.1) is 5.10 Å². The van der Waals surface area contributed by atoms with Gasteiger partial charge in [0.1, 0.15) is 11.5 Å². The second-order valence-electron chi connectivity index (χ2n) is 6.14. The van der Waals surface area contributed by atoms with Crippen molar-refractivity contribution in [3.8, 4) is 5.69 Å². The van der Waals surface area contributed by atoms with Crippen molar-refractivity contribution in [1.82, 2.24) is 20.3 Å². The first-order valence-electron chi connectivity index (χ1n) is 8.76. The van der Waals surface area contributed by atoms with Crippen LogP contribution in [0, 0.1) is 0 Å². The lowest BCUT2D eigenvalue weighted by atomic mass is 10.2. The molecule has 146 valence electrons. The molecule has 0 aliphatic heterocycles. The van der Waals surface area contributed by atoms with Gasteiger partial charge >= 0.3 is 5.97 Å². The Labute approximate surface area is 164 Å². The molecule has 8 nitrogen and oxygen atoms in total. The van der Waals surface area contributed by atoms with Gasteiger partial charge in [-0.3, -0.25) is 4.99 Å². The van der Waals surface area contributed by atoms with Crippen LogP contribution in [0.15, 0.2) is 64.2 Å². The predicted molar refractivity (Wildman–Crippen MR) is 111 cm³/mol. The number of allylic oxidation sites excluding steroid dienone is 3. The molecule has 2 aromatic rings. The Bertz CT molecular complexity index is 920. The number of aliphatic imine (C=N–C) groups is 2. The van der Waals surface area contributed by atoms with Crippen LogP contribution < -0.4 is 5.32 Å². The van der Waals surface area contributed by atoms with Crippen LogP contribution in [0.2, 0.25) is 0 Å². The summed E-state index contributed by atoms with van der Waals surface area (Å²) >= 11 is 0. The van der Waals surface area contributed by atoms with E-state index in [1.165, 1.54) is 22.4 Å². The first-order chi connectivity index (χ1) is 13.5. The standard InChI is InChI=1S/C20H24N6O2/c1-15(2)7-4-5-10-22-13-19(21-3)23-12-17-14-26(25-24-17)18-9-6-8-16(11-18)20(27)28/h4-9,11-12,14,22H,10,13H2,1-3H3,(H,27,28)/b5-4-,21-19?,23-12?. The van der Waals surface area contributed by atoms with Crippen LogP contribution in [0.5, 0.6) is 0 Å². The Balaban J connectivity index is 1.95. The maximum absolute atomic E-state index is 11.1. The molecule has 0 spiro atoms. The van der Waals surface area contributed by atoms with E-state index in [0.29, 0.717) is 30.3 Å². The summed E-state index contributed by atoms with van der Waals surface area (Å²) in [5.74, 6) is -0.353. The van der Waals surface area contributed by atoms with Gasteiger partial charge < -0.3 is 10.4 Å². The summed E-state index contributed by atoms with van der Waals surface area (Å²) < 4.78 is 1.50. The summed E-state index contributed by atoms with van der Waals surface area (Å²) in [7, 11) is 1.68. The number of benzene rings is 1. The molecule has 0 aliphatic rings. The van der Waals surface area contributed by atoms with Gasteiger partial charge in [-0.05, 0) is 32.0 Å². The van der Waals surface area contributed by atoms with Crippen LogP contribution in [0.1, 0.15) is 29.9 Å². The SMILES string of the molecule is CN=C(CNC/C=C\C=C(C)C)N=Cc1cn(-c2cccc(C(=O)O)c2)nn1. The highest BCUT2D eigenvalue weighted by Crippen LogP contribution is 2.09. The van der Waals surface area contributed by atoms with E-state index in [2.05, 4.69) is 25.6 Å². The zero-order chi connectivity index (χ0) is 20.4. The topological polar surface area (TPSA) is 105 Å². The summed E-state index contributed by atoms with van der Waals surface area (Å²) in [6.45, 7) is 5.34. The average Bonchev–Trinajstić information content (AvgIpc) is 3.15. The largest absolute Gasteiger partial charge is 0.478 e. The molecule has 28 heavy (non-hydrogen) atoms. The molecule has 0 aliphatic carbocycles. The van der Waals surface area contributed by atoms with Gasteiger partial charge in [0.25, 0.3) is 0 Å². The van der Waals surface area contributed by atoms with Crippen molar-refractivity contribution in [1.29, 1.82) is 0 Å². The fourth-order valence-electron chi connectivity index (χ4n) is 2.16. The first-order valence-corrected chi connectivity index (χ1v) is 8.76. The van der Waals surface area contributed by atoms with Crippen molar-refractivity contribution in [2.24, 2.45) is 9.98 Å². The van der Waals surface area contributed by atoms with E-state index in [-0.39, 0.29) is 5.56 Å². The van der Waals surface area contributed by atoms with Gasteiger partial charge in [0.2, 0.25) is 0 Å². The number of hydrogen-bond donors (Lipinski definition) is 2. The monoisotopic (exact) mass is 380 g/mol. The summed E-state index contributed by atoms with van der Waals surface area (Å²) in [6, 6.07) is 6.47. The van der Waals surface area contributed by atoms with Gasteiger partial charge in [0.15, 0.2) is 0 Å². The molecule has 0 saturated heterocycles. The fraction of sp³-hybridized carbons (Fsp3) is 0.250. The van der Waals surface area contributed by atoms with Crippen LogP contribution in [0.25, 0.3) is 5.69 Å². The van der Waals surface area contributed by atoms with E-state index in [4.69, 9.17) is 5.11 Å². The van der Waals surface area contributed by atoms with E-state index < -0.39 is 5.97 Å². The van der Waals surface area contributed by atoms with Gasteiger partial charge in [-0.2, -0.15) is 0 Å². The molecule has 0 radical (unpaired) electrons. The summed E-state index contributed by atoms with van der Waals surface area (Å²) in [5, 5.41) is 20.4. The number of nitrogens with zero attached hydrogens (tertiary/aromatic N) is 5. The maximum atomic E-state index is 11.1. The number of amidine groups is 1. The minimum Gasteiger partial charge on any atom is -0.478 e. The highest BCUT2D eigenvalue weighted by atomic mass is 16.4. The molecule has 2 N–H and O–H groups in total. The molecule has 0 fully saturated rings. The number of aromatic nitrogens is 3. The number of carbonyl (C=O) groups is 1. The van der Waals surface area contributed by atoms with Crippen LogP contribution in [0.3, 0.4) is 0 Å². The third kappa shape index (κ3) is 6.73.